The van der Waals surface area contributed by atoms with Crippen LogP contribution >= 0.6 is 0 Å². The lowest BCUT2D eigenvalue weighted by Gasteiger charge is -2.31. The molecule has 3 heterocycles. The van der Waals surface area contributed by atoms with E-state index in [1.165, 1.54) is 5.56 Å². The molecule has 2 saturated carbocycles. The Morgan fingerprint density at radius 1 is 1.14 bits per heavy atom. The van der Waals surface area contributed by atoms with Crippen LogP contribution in [0.4, 0.5) is 5.82 Å². The SMILES string of the molecule is CNCc1ccc(-c2nc(C34CCC(NC(=O)CN5CCOCC5)(CC3)C4)n3ccnc(N)c23)cc1. The first kappa shape index (κ1) is 23.4. The molecule has 9 nitrogen and oxygen atoms in total. The average molecular weight is 490 g/mol. The van der Waals surface area contributed by atoms with E-state index in [0.29, 0.717) is 25.6 Å². The number of carbonyl (C=O) groups excluding carboxylic acids is 1. The van der Waals surface area contributed by atoms with Crippen molar-refractivity contribution in [3.05, 3.63) is 48.0 Å². The molecule has 0 radical (unpaired) electrons. The quantitative estimate of drug-likeness (QED) is 0.466. The van der Waals surface area contributed by atoms with E-state index in [0.717, 1.165) is 74.3 Å². The van der Waals surface area contributed by atoms with Crippen LogP contribution in [0.5, 0.6) is 0 Å². The number of aromatic nitrogens is 3. The molecular weight excluding hydrogens is 454 g/mol. The summed E-state index contributed by atoms with van der Waals surface area (Å²) in [5.74, 6) is 1.66. The fourth-order valence-corrected chi connectivity index (χ4v) is 6.60. The van der Waals surface area contributed by atoms with Crippen molar-refractivity contribution >= 4 is 17.2 Å². The van der Waals surface area contributed by atoms with Gasteiger partial charge in [0.15, 0.2) is 0 Å². The van der Waals surface area contributed by atoms with E-state index in [2.05, 4.69) is 49.2 Å². The van der Waals surface area contributed by atoms with Gasteiger partial charge in [-0.2, -0.15) is 0 Å². The summed E-state index contributed by atoms with van der Waals surface area (Å²) in [4.78, 5) is 24.8. The number of ether oxygens (including phenoxy) is 1. The topological polar surface area (TPSA) is 110 Å². The monoisotopic (exact) mass is 489 g/mol. The fourth-order valence-electron chi connectivity index (χ4n) is 6.60. The van der Waals surface area contributed by atoms with Crippen LogP contribution < -0.4 is 16.4 Å². The standard InChI is InChI=1S/C27H35N7O2/c1-29-16-19-2-4-20(5-3-19)22-23-24(28)30-10-11-34(23)25(31-22)26-6-8-27(18-26,9-7-26)32-21(35)17-33-12-14-36-15-13-33/h2-5,10-11,29H,6-9,12-18H2,1H3,(H2,28,30)(H,32,35). The number of nitrogens with zero attached hydrogens (tertiary/aromatic N) is 4. The van der Waals surface area contributed by atoms with Crippen LogP contribution in [0.15, 0.2) is 36.7 Å². The van der Waals surface area contributed by atoms with E-state index in [1.54, 1.807) is 6.20 Å². The van der Waals surface area contributed by atoms with Crippen molar-refractivity contribution in [3.63, 3.8) is 0 Å². The van der Waals surface area contributed by atoms with Gasteiger partial charge in [-0.25, -0.2) is 9.97 Å². The first-order chi connectivity index (χ1) is 17.5. The molecule has 1 amide bonds. The Morgan fingerprint density at radius 3 is 2.61 bits per heavy atom. The smallest absolute Gasteiger partial charge is 0.234 e. The van der Waals surface area contributed by atoms with Gasteiger partial charge < -0.3 is 21.1 Å². The van der Waals surface area contributed by atoms with Gasteiger partial charge in [0.1, 0.15) is 22.9 Å². The third kappa shape index (κ3) is 4.05. The minimum atomic E-state index is -0.150. The van der Waals surface area contributed by atoms with E-state index < -0.39 is 0 Å². The number of nitrogens with one attached hydrogen (secondary N) is 2. The van der Waals surface area contributed by atoms with Crippen molar-refractivity contribution in [1.82, 2.24) is 29.9 Å². The molecule has 3 aliphatic rings. The Morgan fingerprint density at radius 2 is 1.89 bits per heavy atom. The van der Waals surface area contributed by atoms with E-state index >= 15 is 0 Å². The number of hydrogen-bond acceptors (Lipinski definition) is 7. The Labute approximate surface area is 211 Å². The summed E-state index contributed by atoms with van der Waals surface area (Å²) in [6, 6.07) is 8.48. The molecule has 3 aromatic rings. The number of nitrogens with two attached hydrogens (primary N) is 1. The Balaban J connectivity index is 1.29. The summed E-state index contributed by atoms with van der Waals surface area (Å²) >= 11 is 0. The number of fused-ring (bicyclic) bond motifs is 3. The van der Waals surface area contributed by atoms with Gasteiger partial charge in [-0.3, -0.25) is 14.1 Å². The van der Waals surface area contributed by atoms with Crippen LogP contribution in [-0.2, 0) is 21.5 Å². The largest absolute Gasteiger partial charge is 0.382 e. The van der Waals surface area contributed by atoms with Crippen LogP contribution in [0.3, 0.4) is 0 Å². The highest BCUT2D eigenvalue weighted by atomic mass is 16.5. The summed E-state index contributed by atoms with van der Waals surface area (Å²) in [7, 11) is 1.95. The second-order valence-electron chi connectivity index (χ2n) is 10.7. The lowest BCUT2D eigenvalue weighted by atomic mass is 9.83. The maximum absolute atomic E-state index is 13.0. The second kappa shape index (κ2) is 9.14. The number of morpholine rings is 1. The minimum absolute atomic E-state index is 0.0761. The normalized spacial score (nSPS) is 26.0. The van der Waals surface area contributed by atoms with Gasteiger partial charge in [-0.1, -0.05) is 24.3 Å². The molecule has 2 bridgehead atoms. The van der Waals surface area contributed by atoms with Crippen LogP contribution in [0.2, 0.25) is 0 Å². The molecule has 1 aliphatic heterocycles. The molecule has 190 valence electrons. The van der Waals surface area contributed by atoms with Gasteiger partial charge in [-0.15, -0.1) is 0 Å². The van der Waals surface area contributed by atoms with Crippen molar-refractivity contribution in [1.29, 1.82) is 0 Å². The molecule has 4 N–H and O–H groups in total. The number of rotatable bonds is 7. The lowest BCUT2D eigenvalue weighted by molar-refractivity contribution is -0.125. The molecule has 3 fully saturated rings. The first-order valence-corrected chi connectivity index (χ1v) is 13.0. The molecule has 2 aliphatic carbocycles. The van der Waals surface area contributed by atoms with E-state index in [9.17, 15) is 4.79 Å². The summed E-state index contributed by atoms with van der Waals surface area (Å²) in [6.07, 6.45) is 8.62. The van der Waals surface area contributed by atoms with Gasteiger partial charge >= 0.3 is 0 Å². The molecule has 0 atom stereocenters. The van der Waals surface area contributed by atoms with Crippen LogP contribution in [0, 0.1) is 0 Å². The van der Waals surface area contributed by atoms with Crippen LogP contribution in [-0.4, -0.2) is 70.6 Å². The number of benzene rings is 1. The fraction of sp³-hybridized carbons (Fsp3) is 0.519. The summed E-state index contributed by atoms with van der Waals surface area (Å²) in [6.45, 7) is 4.30. The maximum Gasteiger partial charge on any atom is 0.234 e. The molecule has 2 aromatic heterocycles. The highest BCUT2D eigenvalue weighted by Gasteiger charge is 2.57. The number of anilines is 1. The van der Waals surface area contributed by atoms with E-state index in [1.807, 2.05) is 13.2 Å². The van der Waals surface area contributed by atoms with Crippen molar-refractivity contribution in [2.24, 2.45) is 0 Å². The highest BCUT2D eigenvalue weighted by Crippen LogP contribution is 2.57. The maximum atomic E-state index is 13.0. The Kier molecular flexibility index (Phi) is 5.94. The molecule has 0 spiro atoms. The van der Waals surface area contributed by atoms with E-state index in [4.69, 9.17) is 15.5 Å². The molecule has 0 unspecified atom stereocenters. The number of carbonyl (C=O) groups is 1. The predicted molar refractivity (Wildman–Crippen MR) is 138 cm³/mol. The zero-order valence-electron chi connectivity index (χ0n) is 20.9. The predicted octanol–water partition coefficient (Wildman–Crippen LogP) is 2.10. The van der Waals surface area contributed by atoms with Gasteiger partial charge in [-0.05, 0) is 44.7 Å². The van der Waals surface area contributed by atoms with E-state index in [-0.39, 0.29) is 16.9 Å². The van der Waals surface area contributed by atoms with Crippen molar-refractivity contribution in [2.45, 2.75) is 49.6 Å². The molecule has 1 aromatic carbocycles. The molecule has 36 heavy (non-hydrogen) atoms. The Bertz CT molecular complexity index is 1260. The molecular formula is C27H35N7O2. The molecule has 9 heteroatoms. The minimum Gasteiger partial charge on any atom is -0.382 e. The third-order valence-corrected chi connectivity index (χ3v) is 8.38. The van der Waals surface area contributed by atoms with Gasteiger partial charge in [0.25, 0.3) is 0 Å². The number of imidazole rings is 1. The van der Waals surface area contributed by atoms with Crippen LogP contribution in [0.1, 0.15) is 43.5 Å². The van der Waals surface area contributed by atoms with Gasteiger partial charge in [0.05, 0.1) is 19.8 Å². The zero-order chi connectivity index (χ0) is 24.8. The second-order valence-corrected chi connectivity index (χ2v) is 10.7. The Hall–Kier alpha value is -3.01. The summed E-state index contributed by atoms with van der Waals surface area (Å²) in [5.41, 5.74) is 10.2. The molecule has 6 rings (SSSR count). The van der Waals surface area contributed by atoms with Gasteiger partial charge in [0, 0.05) is 48.5 Å². The first-order valence-electron chi connectivity index (χ1n) is 13.0. The van der Waals surface area contributed by atoms with Gasteiger partial charge in [0.2, 0.25) is 5.91 Å². The lowest BCUT2D eigenvalue weighted by Crippen LogP contribution is -2.50. The summed E-state index contributed by atoms with van der Waals surface area (Å²) in [5, 5.41) is 6.63. The zero-order valence-corrected chi connectivity index (χ0v) is 20.9. The number of hydrogen-bond donors (Lipinski definition) is 3. The third-order valence-electron chi connectivity index (χ3n) is 8.38. The van der Waals surface area contributed by atoms with Crippen molar-refractivity contribution in [2.75, 3.05) is 45.6 Å². The summed E-state index contributed by atoms with van der Waals surface area (Å²) < 4.78 is 7.57. The molecule has 1 saturated heterocycles. The number of nitrogen functional groups attached to an aromatic ring is 1. The van der Waals surface area contributed by atoms with Crippen molar-refractivity contribution < 1.29 is 9.53 Å². The van der Waals surface area contributed by atoms with Crippen LogP contribution in [0.25, 0.3) is 16.8 Å². The average Bonchev–Trinajstić information content (AvgIpc) is 3.56. The number of amides is 1. The highest BCUT2D eigenvalue weighted by molar-refractivity contribution is 5.85. The van der Waals surface area contributed by atoms with Crippen molar-refractivity contribution in [3.8, 4) is 11.3 Å².